The Hall–Kier alpha value is -7.48. The van der Waals surface area contributed by atoms with Gasteiger partial charge in [-0.15, -0.1) is 0 Å². The highest BCUT2D eigenvalue weighted by atomic mass is 15.0. The van der Waals surface area contributed by atoms with Crippen molar-refractivity contribution in [2.45, 2.75) is 0 Å². The SMILES string of the molecule is c1ccc(-c2cc(-c3ccccc3)cc(-c3c4ccccc4c(-c4ccc(-c5ccc6c(c5)c5ccccc5n6-c5ccccc5)cc4)c4ccccc34)c2)cc1. The summed E-state index contributed by atoms with van der Waals surface area (Å²) in [5.74, 6) is 0. The Morgan fingerprint density at radius 2 is 0.596 bits per heavy atom. The molecule has 57 heavy (non-hydrogen) atoms. The lowest BCUT2D eigenvalue weighted by Gasteiger charge is -2.19. The third-order valence-corrected chi connectivity index (χ3v) is 11.6. The first-order chi connectivity index (χ1) is 28.3. The van der Waals surface area contributed by atoms with Gasteiger partial charge in [-0.1, -0.05) is 176 Å². The van der Waals surface area contributed by atoms with Crippen LogP contribution < -0.4 is 0 Å². The third kappa shape index (κ3) is 5.63. The van der Waals surface area contributed by atoms with Crippen LogP contribution in [0.4, 0.5) is 0 Å². The van der Waals surface area contributed by atoms with E-state index in [9.17, 15) is 0 Å². The smallest absolute Gasteiger partial charge is 0.0541 e. The van der Waals surface area contributed by atoms with E-state index in [0.717, 1.165) is 0 Å². The van der Waals surface area contributed by atoms with Crippen LogP contribution in [0.25, 0.3) is 105 Å². The lowest BCUT2D eigenvalue weighted by atomic mass is 9.84. The van der Waals surface area contributed by atoms with Crippen molar-refractivity contribution in [2.24, 2.45) is 0 Å². The van der Waals surface area contributed by atoms with Gasteiger partial charge < -0.3 is 4.57 Å². The number of fused-ring (bicyclic) bond motifs is 5. The fourth-order valence-corrected chi connectivity index (χ4v) is 8.95. The molecule has 0 bridgehead atoms. The van der Waals surface area contributed by atoms with Crippen molar-refractivity contribution in [1.29, 1.82) is 0 Å². The van der Waals surface area contributed by atoms with Crippen LogP contribution in [0.3, 0.4) is 0 Å². The van der Waals surface area contributed by atoms with Crippen molar-refractivity contribution in [3.63, 3.8) is 0 Å². The molecule has 0 atom stereocenters. The molecule has 0 spiro atoms. The summed E-state index contributed by atoms with van der Waals surface area (Å²) in [5.41, 5.74) is 15.8. The van der Waals surface area contributed by atoms with Crippen molar-refractivity contribution >= 4 is 43.4 Å². The van der Waals surface area contributed by atoms with Gasteiger partial charge in [0, 0.05) is 16.5 Å². The van der Waals surface area contributed by atoms with Crippen LogP contribution in [0.15, 0.2) is 224 Å². The van der Waals surface area contributed by atoms with Crippen molar-refractivity contribution in [1.82, 2.24) is 4.57 Å². The van der Waals surface area contributed by atoms with E-state index >= 15 is 0 Å². The Labute approximate surface area is 332 Å². The summed E-state index contributed by atoms with van der Waals surface area (Å²) in [5, 5.41) is 7.52. The normalized spacial score (nSPS) is 11.5. The number of hydrogen-bond donors (Lipinski definition) is 0. The van der Waals surface area contributed by atoms with Crippen LogP contribution in [0, 0.1) is 0 Å². The minimum absolute atomic E-state index is 1.17. The number of nitrogens with zero attached hydrogens (tertiary/aromatic N) is 1. The summed E-state index contributed by atoms with van der Waals surface area (Å²) in [6.07, 6.45) is 0. The molecule has 0 radical (unpaired) electrons. The van der Waals surface area contributed by atoms with E-state index in [4.69, 9.17) is 0 Å². The average molecular weight is 724 g/mol. The molecule has 1 heteroatoms. The van der Waals surface area contributed by atoms with E-state index in [2.05, 4.69) is 229 Å². The Kier molecular flexibility index (Phi) is 7.89. The van der Waals surface area contributed by atoms with Gasteiger partial charge in [-0.05, 0) is 126 Å². The van der Waals surface area contributed by atoms with Crippen LogP contribution in [-0.2, 0) is 0 Å². The molecule has 0 fully saturated rings. The van der Waals surface area contributed by atoms with Gasteiger partial charge in [0.25, 0.3) is 0 Å². The molecule has 0 saturated carbocycles. The highest BCUT2D eigenvalue weighted by molar-refractivity contribution is 6.21. The van der Waals surface area contributed by atoms with E-state index < -0.39 is 0 Å². The molecule has 0 unspecified atom stereocenters. The van der Waals surface area contributed by atoms with Gasteiger partial charge in [0.05, 0.1) is 11.0 Å². The molecule has 266 valence electrons. The van der Waals surface area contributed by atoms with E-state index in [1.807, 2.05) is 0 Å². The zero-order valence-electron chi connectivity index (χ0n) is 31.3. The van der Waals surface area contributed by atoms with Crippen LogP contribution in [-0.4, -0.2) is 4.57 Å². The summed E-state index contributed by atoms with van der Waals surface area (Å²) in [6.45, 7) is 0. The van der Waals surface area contributed by atoms with Crippen molar-refractivity contribution < 1.29 is 0 Å². The Morgan fingerprint density at radius 3 is 1.16 bits per heavy atom. The highest BCUT2D eigenvalue weighted by Gasteiger charge is 2.19. The van der Waals surface area contributed by atoms with Gasteiger partial charge in [-0.3, -0.25) is 0 Å². The minimum atomic E-state index is 1.17. The summed E-state index contributed by atoms with van der Waals surface area (Å²) >= 11 is 0. The second-order valence-corrected chi connectivity index (χ2v) is 14.9. The lowest BCUT2D eigenvalue weighted by Crippen LogP contribution is -1.93. The van der Waals surface area contributed by atoms with Crippen molar-refractivity contribution in [3.05, 3.63) is 224 Å². The number of aromatic nitrogens is 1. The molecular weight excluding hydrogens is 687 g/mol. The van der Waals surface area contributed by atoms with Gasteiger partial charge in [-0.2, -0.15) is 0 Å². The molecule has 11 aromatic rings. The molecule has 0 saturated heterocycles. The molecule has 1 aromatic heterocycles. The monoisotopic (exact) mass is 723 g/mol. The zero-order chi connectivity index (χ0) is 37.7. The molecule has 0 aliphatic rings. The minimum Gasteiger partial charge on any atom is -0.309 e. The van der Waals surface area contributed by atoms with Crippen LogP contribution in [0.2, 0.25) is 0 Å². The maximum Gasteiger partial charge on any atom is 0.0541 e. The number of para-hydroxylation sites is 2. The highest BCUT2D eigenvalue weighted by Crippen LogP contribution is 2.46. The molecule has 0 N–H and O–H groups in total. The summed E-state index contributed by atoms with van der Waals surface area (Å²) in [7, 11) is 0. The van der Waals surface area contributed by atoms with E-state index in [1.54, 1.807) is 0 Å². The molecule has 1 nitrogen and oxygen atoms in total. The van der Waals surface area contributed by atoms with Gasteiger partial charge in [0.1, 0.15) is 0 Å². The molecular formula is C56H37N. The molecule has 0 aliphatic heterocycles. The maximum absolute atomic E-state index is 2.37. The third-order valence-electron chi connectivity index (χ3n) is 11.6. The van der Waals surface area contributed by atoms with Gasteiger partial charge in [-0.25, -0.2) is 0 Å². The van der Waals surface area contributed by atoms with Crippen LogP contribution in [0.5, 0.6) is 0 Å². The quantitative estimate of drug-likeness (QED) is 0.151. The zero-order valence-corrected chi connectivity index (χ0v) is 31.3. The van der Waals surface area contributed by atoms with Gasteiger partial charge in [0.2, 0.25) is 0 Å². The molecule has 0 aliphatic carbocycles. The van der Waals surface area contributed by atoms with E-state index in [1.165, 1.54) is 105 Å². The number of hydrogen-bond acceptors (Lipinski definition) is 0. The summed E-state index contributed by atoms with van der Waals surface area (Å²) < 4.78 is 2.37. The predicted molar refractivity (Wildman–Crippen MR) is 243 cm³/mol. The van der Waals surface area contributed by atoms with E-state index in [-0.39, 0.29) is 0 Å². The number of benzene rings is 10. The number of rotatable bonds is 6. The van der Waals surface area contributed by atoms with Gasteiger partial charge in [0.15, 0.2) is 0 Å². The van der Waals surface area contributed by atoms with Crippen molar-refractivity contribution in [2.75, 3.05) is 0 Å². The molecule has 11 rings (SSSR count). The maximum atomic E-state index is 2.37. The summed E-state index contributed by atoms with van der Waals surface area (Å²) in [4.78, 5) is 0. The standard InChI is InChI=1S/C56H37N/c1-4-16-38(17-5-1)43-34-44(39-18-6-2-7-19-39)36-45(35-43)56-50-25-12-10-23-48(50)55(49-24-11-13-26-51(49)56)41-30-28-40(29-31-41)42-32-33-54-52(37-42)47-22-14-15-27-53(47)57(54)46-20-8-3-9-21-46/h1-37H. The van der Waals surface area contributed by atoms with Crippen LogP contribution >= 0.6 is 0 Å². The summed E-state index contributed by atoms with van der Waals surface area (Å²) in [6, 6.07) is 82.0. The average Bonchev–Trinajstić information content (AvgIpc) is 3.62. The molecule has 10 aromatic carbocycles. The molecule has 1 heterocycles. The first-order valence-electron chi connectivity index (χ1n) is 19.7. The van der Waals surface area contributed by atoms with Crippen molar-refractivity contribution in [3.8, 4) is 61.3 Å². The second kappa shape index (κ2) is 13.7. The largest absolute Gasteiger partial charge is 0.309 e. The fourth-order valence-electron chi connectivity index (χ4n) is 8.95. The van der Waals surface area contributed by atoms with Crippen LogP contribution in [0.1, 0.15) is 0 Å². The van der Waals surface area contributed by atoms with E-state index in [0.29, 0.717) is 0 Å². The Bertz CT molecular complexity index is 3130. The Balaban J connectivity index is 1.07. The predicted octanol–water partition coefficient (Wildman–Crippen LogP) is 15.4. The first-order valence-corrected chi connectivity index (χ1v) is 19.7. The van der Waals surface area contributed by atoms with Gasteiger partial charge >= 0.3 is 0 Å². The molecule has 0 amide bonds. The second-order valence-electron chi connectivity index (χ2n) is 14.9. The topological polar surface area (TPSA) is 4.93 Å². The Morgan fingerprint density at radius 1 is 0.211 bits per heavy atom. The lowest BCUT2D eigenvalue weighted by molar-refractivity contribution is 1.18. The fraction of sp³-hybridized carbons (Fsp3) is 0. The first kappa shape index (κ1) is 32.9.